The highest BCUT2D eigenvalue weighted by Gasteiger charge is 2.41. The highest BCUT2D eigenvalue weighted by atomic mass is 32.2. The van der Waals surface area contributed by atoms with E-state index in [1.54, 1.807) is 0 Å². The Kier molecular flexibility index (Phi) is 4.18. The van der Waals surface area contributed by atoms with Gasteiger partial charge in [0.1, 0.15) is 0 Å². The first-order valence-corrected chi connectivity index (χ1v) is 7.62. The van der Waals surface area contributed by atoms with Crippen LogP contribution in [0.2, 0.25) is 0 Å². The minimum absolute atomic E-state index is 0.00299. The molecule has 15 heavy (non-hydrogen) atoms. The van der Waals surface area contributed by atoms with Crippen LogP contribution in [0.25, 0.3) is 0 Å². The van der Waals surface area contributed by atoms with E-state index in [1.165, 1.54) is 0 Å². The topological polar surface area (TPSA) is 46.2 Å². The molecule has 0 saturated carbocycles. The second-order valence-electron chi connectivity index (χ2n) is 5.22. The standard InChI is InChI=1S/C11H23NO2S/c1-4-12-8-11(7-10(2)3)5-6-15(13,14)9-11/h10,12H,4-9H2,1-3H3. The monoisotopic (exact) mass is 233 g/mol. The first-order chi connectivity index (χ1) is 6.89. The van der Waals surface area contributed by atoms with E-state index in [1.807, 2.05) is 0 Å². The molecule has 1 aliphatic rings. The molecule has 0 aromatic heterocycles. The van der Waals surface area contributed by atoms with Gasteiger partial charge in [-0.3, -0.25) is 0 Å². The summed E-state index contributed by atoms with van der Waals surface area (Å²) >= 11 is 0. The summed E-state index contributed by atoms with van der Waals surface area (Å²) in [6, 6.07) is 0. The molecule has 0 radical (unpaired) electrons. The highest BCUT2D eigenvalue weighted by Crippen LogP contribution is 2.37. The Morgan fingerprint density at radius 3 is 2.47 bits per heavy atom. The zero-order valence-electron chi connectivity index (χ0n) is 10.0. The third kappa shape index (κ3) is 3.76. The van der Waals surface area contributed by atoms with E-state index in [2.05, 4.69) is 26.1 Å². The lowest BCUT2D eigenvalue weighted by Gasteiger charge is -2.29. The van der Waals surface area contributed by atoms with Gasteiger partial charge in [-0.05, 0) is 30.7 Å². The van der Waals surface area contributed by atoms with E-state index in [9.17, 15) is 8.42 Å². The molecule has 90 valence electrons. The van der Waals surface area contributed by atoms with Crippen LogP contribution in [-0.4, -0.2) is 33.0 Å². The zero-order chi connectivity index (χ0) is 11.5. The predicted octanol–water partition coefficient (Wildman–Crippen LogP) is 1.45. The van der Waals surface area contributed by atoms with Crippen LogP contribution in [0.1, 0.15) is 33.6 Å². The number of nitrogens with one attached hydrogen (secondary N) is 1. The van der Waals surface area contributed by atoms with Crippen molar-refractivity contribution in [2.75, 3.05) is 24.6 Å². The van der Waals surface area contributed by atoms with Crippen molar-refractivity contribution in [2.45, 2.75) is 33.6 Å². The van der Waals surface area contributed by atoms with Gasteiger partial charge in [0.15, 0.2) is 9.84 Å². The second kappa shape index (κ2) is 4.83. The van der Waals surface area contributed by atoms with Crippen LogP contribution >= 0.6 is 0 Å². The van der Waals surface area contributed by atoms with Crippen molar-refractivity contribution >= 4 is 9.84 Å². The Morgan fingerprint density at radius 1 is 1.40 bits per heavy atom. The van der Waals surface area contributed by atoms with Crippen molar-refractivity contribution in [3.05, 3.63) is 0 Å². The van der Waals surface area contributed by atoms with Crippen LogP contribution in [0, 0.1) is 11.3 Å². The minimum atomic E-state index is -2.77. The van der Waals surface area contributed by atoms with E-state index in [-0.39, 0.29) is 5.41 Å². The largest absolute Gasteiger partial charge is 0.316 e. The molecule has 1 saturated heterocycles. The summed E-state index contributed by atoms with van der Waals surface area (Å²) in [6.07, 6.45) is 1.85. The van der Waals surface area contributed by atoms with Crippen molar-refractivity contribution in [2.24, 2.45) is 11.3 Å². The first-order valence-electron chi connectivity index (χ1n) is 5.80. The van der Waals surface area contributed by atoms with Crippen molar-refractivity contribution in [3.8, 4) is 0 Å². The molecule has 0 aromatic carbocycles. The van der Waals surface area contributed by atoms with E-state index in [0.29, 0.717) is 17.4 Å². The lowest BCUT2D eigenvalue weighted by Crippen LogP contribution is -2.36. The van der Waals surface area contributed by atoms with Gasteiger partial charge in [0.2, 0.25) is 0 Å². The van der Waals surface area contributed by atoms with Gasteiger partial charge in [-0.2, -0.15) is 0 Å². The summed E-state index contributed by atoms with van der Waals surface area (Å²) in [5.74, 6) is 1.33. The lowest BCUT2D eigenvalue weighted by molar-refractivity contribution is 0.254. The van der Waals surface area contributed by atoms with E-state index in [4.69, 9.17) is 0 Å². The summed E-state index contributed by atoms with van der Waals surface area (Å²) in [5.41, 5.74) is 0.00299. The highest BCUT2D eigenvalue weighted by molar-refractivity contribution is 7.91. The molecular formula is C11H23NO2S. The number of rotatable bonds is 5. The molecule has 0 amide bonds. The van der Waals surface area contributed by atoms with Gasteiger partial charge in [0, 0.05) is 6.54 Å². The summed E-state index contributed by atoms with van der Waals surface area (Å²) in [5, 5.41) is 3.31. The molecular weight excluding hydrogens is 210 g/mol. The fourth-order valence-corrected chi connectivity index (χ4v) is 4.80. The van der Waals surface area contributed by atoms with E-state index in [0.717, 1.165) is 25.9 Å². The Hall–Kier alpha value is -0.0900. The summed E-state index contributed by atoms with van der Waals surface area (Å²) in [7, 11) is -2.77. The van der Waals surface area contributed by atoms with Gasteiger partial charge in [-0.15, -0.1) is 0 Å². The van der Waals surface area contributed by atoms with E-state index < -0.39 is 9.84 Å². The van der Waals surface area contributed by atoms with Gasteiger partial charge < -0.3 is 5.32 Å². The van der Waals surface area contributed by atoms with Gasteiger partial charge >= 0.3 is 0 Å². The smallest absolute Gasteiger partial charge is 0.150 e. The third-order valence-corrected chi connectivity index (χ3v) is 4.94. The fraction of sp³-hybridized carbons (Fsp3) is 1.00. The number of hydrogen-bond donors (Lipinski definition) is 1. The SMILES string of the molecule is CCNCC1(CC(C)C)CCS(=O)(=O)C1. The Balaban J connectivity index is 2.70. The Labute approximate surface area is 93.6 Å². The molecule has 0 aromatic rings. The molecule has 0 bridgehead atoms. The summed E-state index contributed by atoms with van der Waals surface area (Å²) < 4.78 is 23.1. The average molecular weight is 233 g/mol. The van der Waals surface area contributed by atoms with E-state index >= 15 is 0 Å². The molecule has 3 nitrogen and oxygen atoms in total. The molecule has 1 fully saturated rings. The normalized spacial score (nSPS) is 29.9. The predicted molar refractivity (Wildman–Crippen MR) is 63.7 cm³/mol. The molecule has 0 aliphatic carbocycles. The maximum atomic E-state index is 11.6. The molecule has 1 heterocycles. The van der Waals surface area contributed by atoms with Crippen molar-refractivity contribution in [1.82, 2.24) is 5.32 Å². The number of hydrogen-bond acceptors (Lipinski definition) is 3. The Morgan fingerprint density at radius 2 is 2.07 bits per heavy atom. The van der Waals surface area contributed by atoms with Gasteiger partial charge in [-0.1, -0.05) is 20.8 Å². The lowest BCUT2D eigenvalue weighted by atomic mass is 9.79. The van der Waals surface area contributed by atoms with Crippen LogP contribution in [0.4, 0.5) is 0 Å². The Bertz CT molecular complexity index is 298. The first kappa shape index (κ1) is 13.0. The summed E-state index contributed by atoms with van der Waals surface area (Å²) in [6.45, 7) is 8.16. The molecule has 1 atom stereocenters. The second-order valence-corrected chi connectivity index (χ2v) is 7.40. The number of sulfone groups is 1. The minimum Gasteiger partial charge on any atom is -0.316 e. The van der Waals surface area contributed by atoms with Crippen LogP contribution in [0.3, 0.4) is 0 Å². The van der Waals surface area contributed by atoms with Gasteiger partial charge in [0.25, 0.3) is 0 Å². The van der Waals surface area contributed by atoms with Crippen molar-refractivity contribution < 1.29 is 8.42 Å². The maximum Gasteiger partial charge on any atom is 0.150 e. The van der Waals surface area contributed by atoms with Crippen LogP contribution in [0.5, 0.6) is 0 Å². The van der Waals surface area contributed by atoms with Crippen LogP contribution in [-0.2, 0) is 9.84 Å². The van der Waals surface area contributed by atoms with Gasteiger partial charge in [-0.25, -0.2) is 8.42 Å². The quantitative estimate of drug-likeness (QED) is 0.782. The molecule has 1 rings (SSSR count). The summed E-state index contributed by atoms with van der Waals surface area (Å²) in [4.78, 5) is 0. The van der Waals surface area contributed by atoms with Gasteiger partial charge in [0.05, 0.1) is 11.5 Å². The average Bonchev–Trinajstić information content (AvgIpc) is 2.38. The molecule has 1 aliphatic heterocycles. The third-order valence-electron chi connectivity index (χ3n) is 3.06. The van der Waals surface area contributed by atoms with Crippen LogP contribution in [0.15, 0.2) is 0 Å². The molecule has 0 spiro atoms. The van der Waals surface area contributed by atoms with Crippen LogP contribution < -0.4 is 5.32 Å². The fourth-order valence-electron chi connectivity index (χ4n) is 2.61. The maximum absolute atomic E-state index is 11.6. The van der Waals surface area contributed by atoms with Crippen molar-refractivity contribution in [1.29, 1.82) is 0 Å². The molecule has 4 heteroatoms. The zero-order valence-corrected chi connectivity index (χ0v) is 10.9. The van der Waals surface area contributed by atoms with Crippen molar-refractivity contribution in [3.63, 3.8) is 0 Å². The molecule has 1 N–H and O–H groups in total. The molecule has 1 unspecified atom stereocenters.